The van der Waals surface area contributed by atoms with Gasteiger partial charge in [0.05, 0.1) is 11.5 Å². The van der Waals surface area contributed by atoms with Gasteiger partial charge >= 0.3 is 11.6 Å². The van der Waals surface area contributed by atoms with Crippen molar-refractivity contribution in [2.24, 2.45) is 0 Å². The maximum atomic E-state index is 14.5. The molecule has 2 aromatic carbocycles. The lowest BCUT2D eigenvalue weighted by Gasteiger charge is -2.21. The Morgan fingerprint density at radius 2 is 1.83 bits per heavy atom. The Balaban J connectivity index is 1.67. The van der Waals surface area contributed by atoms with E-state index in [1.54, 1.807) is 24.3 Å². The van der Waals surface area contributed by atoms with E-state index in [4.69, 9.17) is 9.84 Å². The van der Waals surface area contributed by atoms with Crippen molar-refractivity contribution in [3.8, 4) is 0 Å². The molecule has 1 aliphatic heterocycles. The zero-order valence-electron chi connectivity index (χ0n) is 19.2. The maximum Gasteiger partial charge on any atom is 0.330 e. The Kier molecular flexibility index (Phi) is 6.74. The van der Waals surface area contributed by atoms with Crippen LogP contribution in [0.5, 0.6) is 0 Å². The molecule has 14 heteroatoms. The quantitative estimate of drug-likeness (QED) is 0.339. The summed E-state index contributed by atoms with van der Waals surface area (Å²) in [5, 5.41) is 20.0. The number of alkyl halides is 2. The first-order valence-electron chi connectivity index (χ1n) is 10.7. The first kappa shape index (κ1) is 25.9. The monoisotopic (exact) mass is 526 g/mol. The zero-order chi connectivity index (χ0) is 26.4. The van der Waals surface area contributed by atoms with Gasteiger partial charge in [0.2, 0.25) is 16.3 Å². The lowest BCUT2D eigenvalue weighted by molar-refractivity contribution is -0.141. The Bertz CT molecular complexity index is 1520. The molecule has 1 fully saturated rings. The summed E-state index contributed by atoms with van der Waals surface area (Å²) in [5.74, 6) is -3.97. The second-order valence-corrected chi connectivity index (χ2v) is 10.2. The van der Waals surface area contributed by atoms with Crippen molar-refractivity contribution in [2.75, 3.05) is 25.6 Å². The minimum atomic E-state index is -4.19. The molecule has 0 unspecified atom stereocenters. The Labute approximate surface area is 203 Å². The number of nitrogens with one attached hydrogen (secondary N) is 2. The van der Waals surface area contributed by atoms with Gasteiger partial charge in [0, 0.05) is 48.9 Å². The number of anilines is 1. The summed E-state index contributed by atoms with van der Waals surface area (Å²) in [4.78, 5) is 28.2. The van der Waals surface area contributed by atoms with Gasteiger partial charge in [-0.3, -0.25) is 14.3 Å². The predicted molar refractivity (Wildman–Crippen MR) is 126 cm³/mol. The fraction of sp³-hybridized carbons (Fsp3) is 0.364. The van der Waals surface area contributed by atoms with Crippen molar-refractivity contribution < 1.29 is 32.1 Å². The van der Waals surface area contributed by atoms with Crippen molar-refractivity contribution in [1.82, 2.24) is 14.3 Å². The van der Waals surface area contributed by atoms with E-state index in [0.29, 0.717) is 15.3 Å². The third-order valence-electron chi connectivity index (χ3n) is 5.94. The Morgan fingerprint density at radius 1 is 1.17 bits per heavy atom. The highest BCUT2D eigenvalue weighted by Crippen LogP contribution is 2.42. The molecular formula is C22H24F2N4O7S. The van der Waals surface area contributed by atoms with Crippen LogP contribution in [0.15, 0.2) is 57.1 Å². The predicted octanol–water partition coefficient (Wildman–Crippen LogP) is 0.120. The van der Waals surface area contributed by atoms with Gasteiger partial charge < -0.3 is 19.8 Å². The molecule has 0 aliphatic carbocycles. The van der Waals surface area contributed by atoms with Crippen LogP contribution in [0.4, 0.5) is 14.5 Å². The van der Waals surface area contributed by atoms with Gasteiger partial charge in [-0.05, 0) is 12.1 Å². The SMILES string of the molecule is CN(C)c1cccc2c(S(=O)(=O)NCc3cn([C@@H]4O[C@H](CO)[C@@H](O)C4(F)F)c(=O)[nH]c3=O)cccc12. The average Bonchev–Trinajstić information content (AvgIpc) is 3.05. The van der Waals surface area contributed by atoms with Crippen molar-refractivity contribution in [3.05, 3.63) is 69.0 Å². The molecule has 4 N–H and O–H groups in total. The molecule has 0 radical (unpaired) electrons. The van der Waals surface area contributed by atoms with Crippen LogP contribution in [0.1, 0.15) is 11.8 Å². The number of aliphatic hydroxyl groups is 2. The van der Waals surface area contributed by atoms with Gasteiger partial charge in [0.1, 0.15) is 6.10 Å². The summed E-state index contributed by atoms with van der Waals surface area (Å²) < 4.78 is 62.9. The summed E-state index contributed by atoms with van der Waals surface area (Å²) in [5.41, 5.74) is -1.82. The number of hydrogen-bond donors (Lipinski definition) is 4. The van der Waals surface area contributed by atoms with Crippen LogP contribution in [0.2, 0.25) is 0 Å². The van der Waals surface area contributed by atoms with Crippen LogP contribution in [-0.4, -0.2) is 67.0 Å². The first-order valence-corrected chi connectivity index (χ1v) is 12.2. The first-order chi connectivity index (χ1) is 16.9. The van der Waals surface area contributed by atoms with E-state index >= 15 is 0 Å². The number of nitrogens with zero attached hydrogens (tertiary/aromatic N) is 2. The zero-order valence-corrected chi connectivity index (χ0v) is 20.0. The standard InChI is InChI=1S/C22H24F2N4O7S/c1-27(2)15-7-3-6-14-13(15)5-4-8-17(14)36(33,34)25-9-12-10-28(21(32)26-19(12)31)20-22(23,24)18(30)16(11-29)35-20/h3-8,10,16,18,20,25,29-30H,9,11H2,1-2H3,(H,26,31,32)/t16-,18-,20-/m1/s1. The number of aromatic amines is 1. The molecule has 36 heavy (non-hydrogen) atoms. The molecule has 3 aromatic rings. The molecule has 2 heterocycles. The molecule has 0 saturated carbocycles. The molecular weight excluding hydrogens is 502 g/mol. The number of rotatable bonds is 7. The number of aromatic nitrogens is 2. The number of ether oxygens (including phenoxy) is 1. The van der Waals surface area contributed by atoms with Crippen molar-refractivity contribution in [3.63, 3.8) is 0 Å². The summed E-state index contributed by atoms with van der Waals surface area (Å²) in [6.45, 7) is -1.56. The molecule has 194 valence electrons. The van der Waals surface area contributed by atoms with E-state index in [2.05, 4.69) is 4.72 Å². The van der Waals surface area contributed by atoms with E-state index in [-0.39, 0.29) is 10.5 Å². The smallest absolute Gasteiger partial charge is 0.330 e. The number of benzene rings is 2. The number of sulfonamides is 1. The van der Waals surface area contributed by atoms with Crippen LogP contribution >= 0.6 is 0 Å². The fourth-order valence-electron chi connectivity index (χ4n) is 4.09. The van der Waals surface area contributed by atoms with Gasteiger partial charge in [0.15, 0.2) is 6.10 Å². The number of H-pyrrole nitrogens is 1. The molecule has 0 spiro atoms. The fourth-order valence-corrected chi connectivity index (χ4v) is 5.31. The number of fused-ring (bicyclic) bond motifs is 1. The van der Waals surface area contributed by atoms with Crippen molar-refractivity contribution in [1.29, 1.82) is 0 Å². The lowest BCUT2D eigenvalue weighted by atomic mass is 10.1. The molecule has 3 atom stereocenters. The minimum absolute atomic E-state index is 0.0620. The van der Waals surface area contributed by atoms with E-state index in [1.165, 1.54) is 6.07 Å². The van der Waals surface area contributed by atoms with Crippen LogP contribution in [-0.2, 0) is 21.3 Å². The molecule has 0 bridgehead atoms. The average molecular weight is 527 g/mol. The second-order valence-electron chi connectivity index (χ2n) is 8.50. The van der Waals surface area contributed by atoms with E-state index in [9.17, 15) is 31.9 Å². The van der Waals surface area contributed by atoms with Crippen LogP contribution in [0.25, 0.3) is 10.8 Å². The van der Waals surface area contributed by atoms with Crippen LogP contribution in [0, 0.1) is 0 Å². The van der Waals surface area contributed by atoms with Crippen molar-refractivity contribution in [2.45, 2.75) is 35.8 Å². The Morgan fingerprint density at radius 3 is 2.47 bits per heavy atom. The number of aliphatic hydroxyl groups excluding tert-OH is 2. The largest absolute Gasteiger partial charge is 0.394 e. The lowest BCUT2D eigenvalue weighted by Crippen LogP contribution is -2.43. The molecule has 4 rings (SSSR count). The van der Waals surface area contributed by atoms with Gasteiger partial charge in [-0.1, -0.05) is 24.3 Å². The topological polar surface area (TPSA) is 154 Å². The highest BCUT2D eigenvalue weighted by atomic mass is 32.2. The van der Waals surface area contributed by atoms with Gasteiger partial charge in [-0.15, -0.1) is 0 Å². The molecule has 11 nitrogen and oxygen atoms in total. The number of hydrogen-bond acceptors (Lipinski definition) is 8. The normalized spacial score (nSPS) is 21.7. The van der Waals surface area contributed by atoms with Gasteiger partial charge in [0.25, 0.3) is 5.56 Å². The van der Waals surface area contributed by atoms with Crippen molar-refractivity contribution >= 4 is 26.5 Å². The van der Waals surface area contributed by atoms with E-state index < -0.39 is 58.8 Å². The summed E-state index contributed by atoms with van der Waals surface area (Å²) in [6, 6.07) is 9.88. The minimum Gasteiger partial charge on any atom is -0.394 e. The van der Waals surface area contributed by atoms with Crippen LogP contribution < -0.4 is 20.9 Å². The second kappa shape index (κ2) is 9.37. The molecule has 0 amide bonds. The summed E-state index contributed by atoms with van der Waals surface area (Å²) in [7, 11) is -0.563. The Hall–Kier alpha value is -3.17. The van der Waals surface area contributed by atoms with Gasteiger partial charge in [-0.2, -0.15) is 8.78 Å². The highest BCUT2D eigenvalue weighted by Gasteiger charge is 2.59. The summed E-state index contributed by atoms with van der Waals surface area (Å²) >= 11 is 0. The third kappa shape index (κ3) is 4.41. The van der Waals surface area contributed by atoms with E-state index in [0.717, 1.165) is 11.9 Å². The molecule has 1 aromatic heterocycles. The highest BCUT2D eigenvalue weighted by molar-refractivity contribution is 7.89. The summed E-state index contributed by atoms with van der Waals surface area (Å²) in [6.07, 6.45) is -5.65. The third-order valence-corrected chi connectivity index (χ3v) is 7.40. The van der Waals surface area contributed by atoms with Gasteiger partial charge in [-0.25, -0.2) is 17.9 Å². The van der Waals surface area contributed by atoms with Crippen LogP contribution in [0.3, 0.4) is 0 Å². The molecule has 1 saturated heterocycles. The maximum absolute atomic E-state index is 14.5. The van der Waals surface area contributed by atoms with E-state index in [1.807, 2.05) is 30.0 Å². The number of halogens is 2. The molecule has 1 aliphatic rings.